The van der Waals surface area contributed by atoms with Gasteiger partial charge in [0.2, 0.25) is 0 Å². The molecule has 1 N–H and O–H groups in total. The third-order valence-corrected chi connectivity index (χ3v) is 6.00. The Balaban J connectivity index is 1.52. The van der Waals surface area contributed by atoms with Gasteiger partial charge in [0.15, 0.2) is 0 Å². The number of hydrogen-bond donors (Lipinski definition) is 1. The van der Waals surface area contributed by atoms with Crippen LogP contribution in [0.3, 0.4) is 0 Å². The predicted molar refractivity (Wildman–Crippen MR) is 93.9 cm³/mol. The van der Waals surface area contributed by atoms with Crippen molar-refractivity contribution in [2.45, 2.75) is 50.2 Å². The maximum atomic E-state index is 9.82. The number of hydrogen-bond acceptors (Lipinski definition) is 2. The number of halogens is 1. The fourth-order valence-corrected chi connectivity index (χ4v) is 4.60. The minimum Gasteiger partial charge on any atom is -0.506 e. The van der Waals surface area contributed by atoms with E-state index in [1.807, 2.05) is 12.1 Å². The fourth-order valence-electron chi connectivity index (χ4n) is 4.41. The molecule has 3 heteroatoms. The molecule has 2 aliphatic rings. The largest absolute Gasteiger partial charge is 0.506 e. The zero-order valence-electron chi connectivity index (χ0n) is 13.2. The summed E-state index contributed by atoms with van der Waals surface area (Å²) in [5.41, 5.74) is 2.53. The van der Waals surface area contributed by atoms with Crippen molar-refractivity contribution in [2.24, 2.45) is 0 Å². The maximum absolute atomic E-state index is 9.82. The summed E-state index contributed by atoms with van der Waals surface area (Å²) in [6.45, 7) is 0.851. The molecule has 4 rings (SSSR count). The number of nitrogens with zero attached hydrogens (tertiary/aromatic N) is 1. The zero-order valence-corrected chi connectivity index (χ0v) is 13.9. The van der Waals surface area contributed by atoms with Crippen molar-refractivity contribution in [1.82, 2.24) is 4.90 Å². The average Bonchev–Trinajstić information content (AvgIpc) is 2.81. The lowest BCUT2D eigenvalue weighted by Crippen LogP contribution is -2.41. The predicted octanol–water partition coefficient (Wildman–Crippen LogP) is 4.96. The fraction of sp³-hybridized carbons (Fsp3) is 0.400. The van der Waals surface area contributed by atoms with Gasteiger partial charge in [-0.3, -0.25) is 4.90 Å². The first-order valence-corrected chi connectivity index (χ1v) is 8.87. The quantitative estimate of drug-likeness (QED) is 0.861. The molecule has 0 aromatic heterocycles. The number of benzene rings is 2. The van der Waals surface area contributed by atoms with E-state index in [1.165, 1.54) is 31.2 Å². The monoisotopic (exact) mass is 327 g/mol. The Morgan fingerprint density at radius 1 is 0.957 bits per heavy atom. The van der Waals surface area contributed by atoms with Gasteiger partial charge in [0.1, 0.15) is 5.75 Å². The second kappa shape index (κ2) is 6.18. The molecule has 0 saturated carbocycles. The van der Waals surface area contributed by atoms with E-state index in [2.05, 4.69) is 35.2 Å². The van der Waals surface area contributed by atoms with Crippen LogP contribution < -0.4 is 0 Å². The first-order valence-electron chi connectivity index (χ1n) is 8.49. The summed E-state index contributed by atoms with van der Waals surface area (Å²) in [6, 6.07) is 17.8. The van der Waals surface area contributed by atoms with Gasteiger partial charge >= 0.3 is 0 Å². The molecule has 2 saturated heterocycles. The van der Waals surface area contributed by atoms with Gasteiger partial charge < -0.3 is 5.11 Å². The lowest BCUT2D eigenvalue weighted by molar-refractivity contribution is 0.118. The van der Waals surface area contributed by atoms with E-state index in [4.69, 9.17) is 11.6 Å². The van der Waals surface area contributed by atoms with Crippen LogP contribution in [-0.2, 0) is 6.54 Å². The molecule has 2 bridgehead atoms. The van der Waals surface area contributed by atoms with Crippen LogP contribution in [0.1, 0.15) is 42.7 Å². The van der Waals surface area contributed by atoms with Crippen LogP contribution in [-0.4, -0.2) is 22.1 Å². The van der Waals surface area contributed by atoms with Crippen molar-refractivity contribution < 1.29 is 5.11 Å². The van der Waals surface area contributed by atoms with E-state index in [9.17, 15) is 5.11 Å². The molecule has 2 aliphatic heterocycles. The third-order valence-electron chi connectivity index (χ3n) is 5.57. The molecule has 0 radical (unpaired) electrons. The normalized spacial score (nSPS) is 27.3. The molecular weight excluding hydrogens is 306 g/mol. The molecule has 2 nitrogen and oxygen atoms in total. The SMILES string of the molecule is Oc1cccc(CN2[C@@H]3CC[C@H]2CC(c2ccccc2)C3)c1Cl. The second-order valence-electron chi connectivity index (χ2n) is 6.89. The zero-order chi connectivity index (χ0) is 15.8. The molecule has 0 spiro atoms. The second-order valence-corrected chi connectivity index (χ2v) is 7.26. The summed E-state index contributed by atoms with van der Waals surface area (Å²) < 4.78 is 0. The highest BCUT2D eigenvalue weighted by Gasteiger charge is 2.41. The van der Waals surface area contributed by atoms with Crippen molar-refractivity contribution in [3.8, 4) is 5.75 Å². The van der Waals surface area contributed by atoms with Crippen LogP contribution in [0.2, 0.25) is 5.02 Å². The number of piperidine rings is 1. The number of aromatic hydroxyl groups is 1. The van der Waals surface area contributed by atoms with Gasteiger partial charge in [-0.15, -0.1) is 0 Å². The molecule has 2 aromatic carbocycles. The summed E-state index contributed by atoms with van der Waals surface area (Å²) in [6.07, 6.45) is 5.03. The molecule has 120 valence electrons. The van der Waals surface area contributed by atoms with Crippen LogP contribution in [0.15, 0.2) is 48.5 Å². The summed E-state index contributed by atoms with van der Waals surface area (Å²) in [4.78, 5) is 2.61. The van der Waals surface area contributed by atoms with Crippen LogP contribution in [0.5, 0.6) is 5.75 Å². The Hall–Kier alpha value is -1.51. The van der Waals surface area contributed by atoms with E-state index in [1.54, 1.807) is 6.07 Å². The van der Waals surface area contributed by atoms with Crippen LogP contribution in [0.25, 0.3) is 0 Å². The van der Waals surface area contributed by atoms with Crippen molar-refractivity contribution in [3.63, 3.8) is 0 Å². The summed E-state index contributed by atoms with van der Waals surface area (Å²) in [5.74, 6) is 0.875. The van der Waals surface area contributed by atoms with E-state index in [0.717, 1.165) is 12.1 Å². The van der Waals surface area contributed by atoms with Crippen molar-refractivity contribution in [3.05, 3.63) is 64.7 Å². The Bertz CT molecular complexity index is 673. The Kier molecular flexibility index (Phi) is 4.04. The van der Waals surface area contributed by atoms with Gasteiger partial charge in [0.05, 0.1) is 5.02 Å². The minimum atomic E-state index is 0.190. The Morgan fingerprint density at radius 2 is 1.65 bits per heavy atom. The van der Waals surface area contributed by atoms with E-state index < -0.39 is 0 Å². The third kappa shape index (κ3) is 2.86. The van der Waals surface area contributed by atoms with Crippen LogP contribution >= 0.6 is 11.6 Å². The number of phenols is 1. The standard InChI is InChI=1S/C20H22ClNO/c21-20-15(7-4-8-19(20)23)13-22-17-9-10-18(22)12-16(11-17)14-5-2-1-3-6-14/h1-8,16-18,23H,9-13H2/t16?,17-,18+. The first kappa shape index (κ1) is 15.0. The molecule has 0 aliphatic carbocycles. The van der Waals surface area contributed by atoms with E-state index >= 15 is 0 Å². The molecule has 2 heterocycles. The first-order chi connectivity index (χ1) is 11.2. The lowest BCUT2D eigenvalue weighted by Gasteiger charge is -2.39. The summed E-state index contributed by atoms with van der Waals surface area (Å²) in [5, 5.41) is 10.3. The van der Waals surface area contributed by atoms with Gasteiger partial charge in [-0.25, -0.2) is 0 Å². The van der Waals surface area contributed by atoms with Gasteiger partial charge in [-0.2, -0.15) is 0 Å². The smallest absolute Gasteiger partial charge is 0.134 e. The molecular formula is C20H22ClNO. The molecule has 2 aromatic rings. The minimum absolute atomic E-state index is 0.190. The van der Waals surface area contributed by atoms with Crippen molar-refractivity contribution in [1.29, 1.82) is 0 Å². The number of phenolic OH excluding ortho intramolecular Hbond substituents is 1. The highest BCUT2D eigenvalue weighted by Crippen LogP contribution is 2.44. The lowest BCUT2D eigenvalue weighted by atomic mass is 9.85. The topological polar surface area (TPSA) is 23.5 Å². The molecule has 1 unspecified atom stereocenters. The maximum Gasteiger partial charge on any atom is 0.134 e. The van der Waals surface area contributed by atoms with Crippen LogP contribution in [0, 0.1) is 0 Å². The van der Waals surface area contributed by atoms with Crippen LogP contribution in [0.4, 0.5) is 0 Å². The van der Waals surface area contributed by atoms with E-state index in [0.29, 0.717) is 23.0 Å². The van der Waals surface area contributed by atoms with Crippen molar-refractivity contribution >= 4 is 11.6 Å². The highest BCUT2D eigenvalue weighted by atomic mass is 35.5. The van der Waals surface area contributed by atoms with E-state index in [-0.39, 0.29) is 5.75 Å². The van der Waals surface area contributed by atoms with Gasteiger partial charge in [0.25, 0.3) is 0 Å². The summed E-state index contributed by atoms with van der Waals surface area (Å²) in [7, 11) is 0. The van der Waals surface area contributed by atoms with Gasteiger partial charge in [-0.1, -0.05) is 54.1 Å². The van der Waals surface area contributed by atoms with Crippen molar-refractivity contribution in [2.75, 3.05) is 0 Å². The molecule has 0 amide bonds. The number of fused-ring (bicyclic) bond motifs is 2. The average molecular weight is 328 g/mol. The van der Waals surface area contributed by atoms with Gasteiger partial charge in [0, 0.05) is 18.6 Å². The molecule has 3 atom stereocenters. The molecule has 2 fully saturated rings. The summed E-state index contributed by atoms with van der Waals surface area (Å²) >= 11 is 6.28. The van der Waals surface area contributed by atoms with Gasteiger partial charge in [-0.05, 0) is 48.8 Å². The molecule has 23 heavy (non-hydrogen) atoms. The Labute approximate surface area is 142 Å². The number of rotatable bonds is 3. The highest BCUT2D eigenvalue weighted by molar-refractivity contribution is 6.32. The Morgan fingerprint density at radius 3 is 2.35 bits per heavy atom.